The summed E-state index contributed by atoms with van der Waals surface area (Å²) in [5, 5.41) is 12.7. The Morgan fingerprint density at radius 2 is 2.38 bits per heavy atom. The molecule has 1 saturated heterocycles. The van der Waals surface area contributed by atoms with Crippen LogP contribution in [0, 0.1) is 0 Å². The van der Waals surface area contributed by atoms with Crippen LogP contribution < -0.4 is 4.90 Å². The van der Waals surface area contributed by atoms with Crippen molar-refractivity contribution in [3.05, 3.63) is 11.1 Å². The molecule has 0 bridgehead atoms. The molecule has 1 aromatic rings. The number of rotatable bonds is 3. The van der Waals surface area contributed by atoms with Gasteiger partial charge in [0.25, 0.3) is 0 Å². The second-order valence-corrected chi connectivity index (χ2v) is 5.19. The summed E-state index contributed by atoms with van der Waals surface area (Å²) >= 11 is 1.71. The van der Waals surface area contributed by atoms with E-state index in [4.69, 9.17) is 0 Å². The van der Waals surface area contributed by atoms with Gasteiger partial charge in [0, 0.05) is 11.9 Å². The third kappa shape index (κ3) is 2.55. The Hall–Kier alpha value is -0.610. The minimum atomic E-state index is 0.251. The van der Waals surface area contributed by atoms with Crippen molar-refractivity contribution in [1.82, 2.24) is 4.98 Å². The first-order valence-corrected chi connectivity index (χ1v) is 7.05. The lowest BCUT2D eigenvalue weighted by Gasteiger charge is -2.27. The van der Waals surface area contributed by atoms with Gasteiger partial charge < -0.3 is 10.0 Å². The number of aromatic nitrogens is 1. The van der Waals surface area contributed by atoms with Crippen molar-refractivity contribution >= 4 is 16.5 Å². The Morgan fingerprint density at radius 1 is 1.50 bits per heavy atom. The highest BCUT2D eigenvalue weighted by Crippen LogP contribution is 2.27. The lowest BCUT2D eigenvalue weighted by Crippen LogP contribution is -2.37. The van der Waals surface area contributed by atoms with Gasteiger partial charge in [0.05, 0.1) is 18.3 Å². The summed E-state index contributed by atoms with van der Waals surface area (Å²) in [6, 6.07) is 0.276. The molecule has 0 aromatic carbocycles. The molecule has 1 aromatic heterocycles. The largest absolute Gasteiger partial charge is 0.394 e. The van der Waals surface area contributed by atoms with E-state index in [2.05, 4.69) is 22.2 Å². The lowest BCUT2D eigenvalue weighted by molar-refractivity contribution is 0.255. The van der Waals surface area contributed by atoms with Crippen LogP contribution in [0.1, 0.15) is 38.3 Å². The Kier molecular flexibility index (Phi) is 4.18. The maximum absolute atomic E-state index is 9.45. The fraction of sp³-hybridized carbons (Fsp3) is 0.750. The van der Waals surface area contributed by atoms with E-state index in [1.54, 1.807) is 11.3 Å². The van der Waals surface area contributed by atoms with Crippen molar-refractivity contribution in [3.63, 3.8) is 0 Å². The number of aliphatic hydroxyl groups excluding tert-OH is 1. The van der Waals surface area contributed by atoms with Crippen LogP contribution >= 0.6 is 11.3 Å². The van der Waals surface area contributed by atoms with Crippen LogP contribution in [0.5, 0.6) is 0 Å². The van der Waals surface area contributed by atoms with Crippen molar-refractivity contribution < 1.29 is 5.11 Å². The smallest absolute Gasteiger partial charge is 0.185 e. The van der Waals surface area contributed by atoms with Crippen LogP contribution in [0.3, 0.4) is 0 Å². The summed E-state index contributed by atoms with van der Waals surface area (Å²) < 4.78 is 0. The zero-order chi connectivity index (χ0) is 11.4. The molecule has 1 atom stereocenters. The van der Waals surface area contributed by atoms with Crippen molar-refractivity contribution in [2.75, 3.05) is 18.1 Å². The van der Waals surface area contributed by atoms with Crippen LogP contribution in [-0.4, -0.2) is 29.3 Å². The molecule has 4 heteroatoms. The van der Waals surface area contributed by atoms with Crippen molar-refractivity contribution in [2.24, 2.45) is 0 Å². The molecule has 0 amide bonds. The average Bonchev–Trinajstić information content (AvgIpc) is 2.66. The first-order chi connectivity index (χ1) is 7.85. The maximum Gasteiger partial charge on any atom is 0.185 e. The minimum absolute atomic E-state index is 0.251. The number of hydrogen-bond donors (Lipinski definition) is 1. The van der Waals surface area contributed by atoms with Crippen LogP contribution in [0.15, 0.2) is 5.38 Å². The van der Waals surface area contributed by atoms with Crippen LogP contribution in [0.25, 0.3) is 0 Å². The van der Waals surface area contributed by atoms with Gasteiger partial charge in [-0.05, 0) is 19.3 Å². The Morgan fingerprint density at radius 3 is 3.06 bits per heavy atom. The second-order valence-electron chi connectivity index (χ2n) is 4.35. The summed E-state index contributed by atoms with van der Waals surface area (Å²) in [5.41, 5.74) is 1.17. The fourth-order valence-corrected chi connectivity index (χ4v) is 3.22. The molecule has 1 aliphatic heterocycles. The van der Waals surface area contributed by atoms with Gasteiger partial charge in [-0.1, -0.05) is 19.8 Å². The molecule has 3 nitrogen and oxygen atoms in total. The summed E-state index contributed by atoms with van der Waals surface area (Å²) in [7, 11) is 0. The summed E-state index contributed by atoms with van der Waals surface area (Å²) in [6.45, 7) is 3.42. The minimum Gasteiger partial charge on any atom is -0.394 e. The van der Waals surface area contributed by atoms with E-state index in [0.717, 1.165) is 24.5 Å². The van der Waals surface area contributed by atoms with Gasteiger partial charge >= 0.3 is 0 Å². The highest BCUT2D eigenvalue weighted by atomic mass is 32.1. The van der Waals surface area contributed by atoms with Crippen molar-refractivity contribution in [3.8, 4) is 0 Å². The molecular weight excluding hydrogens is 220 g/mol. The van der Waals surface area contributed by atoms with E-state index in [-0.39, 0.29) is 12.6 Å². The highest BCUT2D eigenvalue weighted by molar-refractivity contribution is 7.13. The van der Waals surface area contributed by atoms with Gasteiger partial charge in [0.2, 0.25) is 0 Å². The normalized spacial score (nSPS) is 22.1. The third-order valence-electron chi connectivity index (χ3n) is 3.24. The molecule has 0 saturated carbocycles. The summed E-state index contributed by atoms with van der Waals surface area (Å²) in [4.78, 5) is 6.93. The summed E-state index contributed by atoms with van der Waals surface area (Å²) in [5.74, 6) is 0. The van der Waals surface area contributed by atoms with E-state index in [1.165, 1.54) is 25.0 Å². The molecule has 90 valence electrons. The van der Waals surface area contributed by atoms with E-state index in [0.29, 0.717) is 0 Å². The Labute approximate surface area is 101 Å². The molecular formula is C12H20N2OS. The van der Waals surface area contributed by atoms with Crippen LogP contribution in [0.2, 0.25) is 0 Å². The first-order valence-electron chi connectivity index (χ1n) is 6.17. The van der Waals surface area contributed by atoms with Gasteiger partial charge in [-0.2, -0.15) is 0 Å². The molecule has 16 heavy (non-hydrogen) atoms. The van der Waals surface area contributed by atoms with Crippen molar-refractivity contribution in [1.29, 1.82) is 0 Å². The zero-order valence-electron chi connectivity index (χ0n) is 9.85. The monoisotopic (exact) mass is 240 g/mol. The van der Waals surface area contributed by atoms with E-state index in [1.807, 2.05) is 0 Å². The molecule has 2 rings (SSSR count). The quantitative estimate of drug-likeness (QED) is 0.881. The van der Waals surface area contributed by atoms with Gasteiger partial charge in [-0.3, -0.25) is 0 Å². The van der Waals surface area contributed by atoms with Crippen LogP contribution in [-0.2, 0) is 6.42 Å². The average molecular weight is 240 g/mol. The van der Waals surface area contributed by atoms with Gasteiger partial charge in [-0.25, -0.2) is 4.98 Å². The van der Waals surface area contributed by atoms with E-state index in [9.17, 15) is 5.11 Å². The van der Waals surface area contributed by atoms with Crippen LogP contribution in [0.4, 0.5) is 5.13 Å². The standard InChI is InChI=1S/C12H20N2OS/c1-2-10-9-16-12(13-10)14-7-5-3-4-6-11(14)8-15/h9,11,15H,2-8H2,1H3. The number of aliphatic hydroxyl groups is 1. The molecule has 0 spiro atoms. The predicted molar refractivity (Wildman–Crippen MR) is 68.2 cm³/mol. The molecule has 1 N–H and O–H groups in total. The maximum atomic E-state index is 9.45. The Bertz CT molecular complexity index is 327. The molecule has 0 aliphatic carbocycles. The Balaban J connectivity index is 2.14. The number of thiazole rings is 1. The van der Waals surface area contributed by atoms with Crippen molar-refractivity contribution in [2.45, 2.75) is 45.1 Å². The molecule has 0 radical (unpaired) electrons. The number of hydrogen-bond acceptors (Lipinski definition) is 4. The SMILES string of the molecule is CCc1csc(N2CCCCCC2CO)n1. The topological polar surface area (TPSA) is 36.4 Å². The molecule has 1 unspecified atom stereocenters. The third-order valence-corrected chi connectivity index (χ3v) is 4.16. The number of anilines is 1. The molecule has 1 fully saturated rings. The summed E-state index contributed by atoms with van der Waals surface area (Å²) in [6.07, 6.45) is 5.82. The van der Waals surface area contributed by atoms with E-state index < -0.39 is 0 Å². The highest BCUT2D eigenvalue weighted by Gasteiger charge is 2.22. The number of nitrogens with zero attached hydrogens (tertiary/aromatic N) is 2. The predicted octanol–water partition coefficient (Wildman–Crippen LogP) is 2.45. The fourth-order valence-electron chi connectivity index (χ4n) is 2.21. The second kappa shape index (κ2) is 5.64. The lowest BCUT2D eigenvalue weighted by atomic mass is 10.1. The molecule has 2 heterocycles. The van der Waals surface area contributed by atoms with Gasteiger partial charge in [-0.15, -0.1) is 11.3 Å². The molecule has 1 aliphatic rings. The van der Waals surface area contributed by atoms with Gasteiger partial charge in [0.1, 0.15) is 0 Å². The van der Waals surface area contributed by atoms with E-state index >= 15 is 0 Å². The first kappa shape index (κ1) is 11.9. The number of aryl methyl sites for hydroxylation is 1. The van der Waals surface area contributed by atoms with Gasteiger partial charge in [0.15, 0.2) is 5.13 Å². The zero-order valence-corrected chi connectivity index (χ0v) is 10.7.